The third-order valence-electron chi connectivity index (χ3n) is 4.63. The van der Waals surface area contributed by atoms with Crippen LogP contribution >= 0.6 is 0 Å². The van der Waals surface area contributed by atoms with Crippen LogP contribution in [-0.2, 0) is 11.3 Å². The van der Waals surface area contributed by atoms with E-state index < -0.39 is 0 Å². The fourth-order valence-electron chi connectivity index (χ4n) is 3.35. The number of nitriles is 1. The van der Waals surface area contributed by atoms with E-state index in [9.17, 15) is 0 Å². The molecule has 3 rings (SSSR count). The van der Waals surface area contributed by atoms with Gasteiger partial charge in [-0.2, -0.15) is 5.26 Å². The minimum atomic E-state index is 0.202. The summed E-state index contributed by atoms with van der Waals surface area (Å²) < 4.78 is 7.82. The molecule has 1 aromatic rings. The van der Waals surface area contributed by atoms with Crippen molar-refractivity contribution < 1.29 is 4.74 Å². The highest BCUT2D eigenvalue weighted by Gasteiger charge is 2.47. The largest absolute Gasteiger partial charge is 0.370 e. The van der Waals surface area contributed by atoms with Crippen molar-refractivity contribution in [2.75, 3.05) is 6.61 Å². The number of ether oxygens (including phenoxy) is 1. The second kappa shape index (κ2) is 5.50. The Labute approximate surface area is 125 Å². The molecule has 0 radical (unpaired) electrons. The highest BCUT2D eigenvalue weighted by Crippen LogP contribution is 2.44. The number of rotatable bonds is 4. The van der Waals surface area contributed by atoms with Gasteiger partial charge in [-0.05, 0) is 38.2 Å². The minimum absolute atomic E-state index is 0.202. The van der Waals surface area contributed by atoms with Gasteiger partial charge in [0.2, 0.25) is 0 Å². The van der Waals surface area contributed by atoms with Gasteiger partial charge in [-0.3, -0.25) is 0 Å². The Kier molecular flexibility index (Phi) is 3.69. The number of hydrogen-bond donors (Lipinski definition) is 0. The van der Waals surface area contributed by atoms with Crippen LogP contribution in [0.1, 0.15) is 37.1 Å². The Hall–Kier alpha value is -1.86. The molecule has 4 nitrogen and oxygen atoms in total. The Bertz CT molecular complexity index is 616. The van der Waals surface area contributed by atoms with E-state index in [4.69, 9.17) is 10.00 Å². The molecule has 0 bridgehead atoms. The van der Waals surface area contributed by atoms with Gasteiger partial charge in [0.15, 0.2) is 0 Å². The van der Waals surface area contributed by atoms with Crippen molar-refractivity contribution in [1.82, 2.24) is 9.55 Å². The Morgan fingerprint density at radius 3 is 3.19 bits per heavy atom. The smallest absolute Gasteiger partial charge is 0.0992 e. The van der Waals surface area contributed by atoms with Crippen LogP contribution in [-0.4, -0.2) is 21.8 Å². The van der Waals surface area contributed by atoms with Crippen LogP contribution in [0.5, 0.6) is 0 Å². The van der Waals surface area contributed by atoms with Crippen molar-refractivity contribution in [1.29, 1.82) is 5.26 Å². The van der Waals surface area contributed by atoms with E-state index in [1.807, 2.05) is 19.3 Å². The van der Waals surface area contributed by atoms with Crippen molar-refractivity contribution in [3.8, 4) is 6.07 Å². The molecular weight excluding hydrogens is 262 g/mol. The summed E-state index contributed by atoms with van der Waals surface area (Å²) in [4.78, 5) is 4.40. The number of aryl methyl sites for hydroxylation is 1. The Morgan fingerprint density at radius 1 is 1.71 bits per heavy atom. The standard InChI is InChI=1S/C17H21N3O/c1-3-14(9-18)7-16-13(2)19-12-20(16)10-15-5-4-6-17(8-15)11-21-17/h3,7,12,15H,1,4-6,8,10-11H2,2H3/b14-7+. The number of aromatic nitrogens is 2. The summed E-state index contributed by atoms with van der Waals surface area (Å²) in [5, 5.41) is 9.07. The summed E-state index contributed by atoms with van der Waals surface area (Å²) in [7, 11) is 0. The topological polar surface area (TPSA) is 54.1 Å². The van der Waals surface area contributed by atoms with Gasteiger partial charge >= 0.3 is 0 Å². The molecule has 2 aliphatic rings. The monoisotopic (exact) mass is 283 g/mol. The zero-order valence-electron chi connectivity index (χ0n) is 12.5. The molecule has 0 aromatic carbocycles. The van der Waals surface area contributed by atoms with Gasteiger partial charge in [0, 0.05) is 6.54 Å². The molecule has 1 aliphatic heterocycles. The van der Waals surface area contributed by atoms with Gasteiger partial charge in [-0.15, -0.1) is 0 Å². The van der Waals surface area contributed by atoms with Crippen LogP contribution in [0, 0.1) is 24.2 Å². The van der Waals surface area contributed by atoms with Gasteiger partial charge < -0.3 is 9.30 Å². The minimum Gasteiger partial charge on any atom is -0.370 e. The highest BCUT2D eigenvalue weighted by molar-refractivity contribution is 5.59. The van der Waals surface area contributed by atoms with Crippen LogP contribution in [0.25, 0.3) is 6.08 Å². The molecule has 2 heterocycles. The van der Waals surface area contributed by atoms with Crippen molar-refractivity contribution in [2.24, 2.45) is 5.92 Å². The normalized spacial score (nSPS) is 28.4. The second-order valence-electron chi connectivity index (χ2n) is 6.22. The molecule has 1 saturated heterocycles. The van der Waals surface area contributed by atoms with Crippen LogP contribution in [0.3, 0.4) is 0 Å². The Morgan fingerprint density at radius 2 is 2.52 bits per heavy atom. The first-order valence-corrected chi connectivity index (χ1v) is 7.56. The second-order valence-corrected chi connectivity index (χ2v) is 6.22. The molecule has 1 aromatic heterocycles. The maximum Gasteiger partial charge on any atom is 0.0992 e. The summed E-state index contributed by atoms with van der Waals surface area (Å²) in [6.45, 7) is 7.55. The molecule has 2 unspecified atom stereocenters. The van der Waals surface area contributed by atoms with E-state index in [-0.39, 0.29) is 5.60 Å². The van der Waals surface area contributed by atoms with Crippen LogP contribution in [0.2, 0.25) is 0 Å². The summed E-state index contributed by atoms with van der Waals surface area (Å²) in [5.74, 6) is 0.635. The van der Waals surface area contributed by atoms with Gasteiger partial charge in [0.05, 0.1) is 41.6 Å². The molecule has 110 valence electrons. The van der Waals surface area contributed by atoms with Crippen LogP contribution in [0.4, 0.5) is 0 Å². The first kappa shape index (κ1) is 14.1. The summed E-state index contributed by atoms with van der Waals surface area (Å²) in [6.07, 6.45) is 10.2. The fraction of sp³-hybridized carbons (Fsp3) is 0.529. The van der Waals surface area contributed by atoms with Gasteiger partial charge in [-0.25, -0.2) is 4.98 Å². The molecule has 2 fully saturated rings. The molecule has 1 aliphatic carbocycles. The molecule has 1 saturated carbocycles. The third kappa shape index (κ3) is 2.93. The lowest BCUT2D eigenvalue weighted by Crippen LogP contribution is -2.26. The maximum absolute atomic E-state index is 9.07. The van der Waals surface area contributed by atoms with Crippen molar-refractivity contribution >= 4 is 6.08 Å². The van der Waals surface area contributed by atoms with Gasteiger partial charge in [0.1, 0.15) is 0 Å². The lowest BCUT2D eigenvalue weighted by molar-refractivity contribution is 0.178. The number of allylic oxidation sites excluding steroid dienone is 2. The molecule has 0 N–H and O–H groups in total. The zero-order chi connectivity index (χ0) is 14.9. The van der Waals surface area contributed by atoms with E-state index in [2.05, 4.69) is 22.2 Å². The predicted octanol–water partition coefficient (Wildman–Crippen LogP) is 3.24. The average molecular weight is 283 g/mol. The zero-order valence-corrected chi connectivity index (χ0v) is 12.5. The molecule has 0 amide bonds. The quantitative estimate of drug-likeness (QED) is 0.484. The van der Waals surface area contributed by atoms with E-state index in [1.54, 1.807) is 6.08 Å². The Balaban J connectivity index is 1.78. The van der Waals surface area contributed by atoms with E-state index in [1.165, 1.54) is 19.3 Å². The number of hydrogen-bond acceptors (Lipinski definition) is 3. The lowest BCUT2D eigenvalue weighted by atomic mass is 9.81. The van der Waals surface area contributed by atoms with E-state index in [0.29, 0.717) is 11.5 Å². The molecule has 21 heavy (non-hydrogen) atoms. The first-order chi connectivity index (χ1) is 10.2. The van der Waals surface area contributed by atoms with E-state index >= 15 is 0 Å². The molecular formula is C17H21N3O. The van der Waals surface area contributed by atoms with Crippen LogP contribution in [0.15, 0.2) is 24.6 Å². The van der Waals surface area contributed by atoms with Crippen LogP contribution < -0.4 is 0 Å². The summed E-state index contributed by atoms with van der Waals surface area (Å²) in [5.41, 5.74) is 2.75. The number of nitrogens with zero attached hydrogens (tertiary/aromatic N) is 3. The van der Waals surface area contributed by atoms with E-state index in [0.717, 1.165) is 31.0 Å². The number of epoxide rings is 1. The van der Waals surface area contributed by atoms with Gasteiger partial charge in [0.25, 0.3) is 0 Å². The highest BCUT2D eigenvalue weighted by atomic mass is 16.6. The molecule has 1 spiro atoms. The third-order valence-corrected chi connectivity index (χ3v) is 4.63. The average Bonchev–Trinajstić information content (AvgIpc) is 3.14. The van der Waals surface area contributed by atoms with Gasteiger partial charge in [-0.1, -0.05) is 19.1 Å². The first-order valence-electron chi connectivity index (χ1n) is 7.56. The summed E-state index contributed by atoms with van der Waals surface area (Å²) >= 11 is 0. The summed E-state index contributed by atoms with van der Waals surface area (Å²) in [6, 6.07) is 2.15. The molecule has 4 heteroatoms. The lowest BCUT2D eigenvalue weighted by Gasteiger charge is -2.27. The SMILES string of the molecule is C=C/C(C#N)=C\c1c(C)ncn1CC1CCCC2(CO2)C1. The maximum atomic E-state index is 9.07. The fourth-order valence-corrected chi connectivity index (χ4v) is 3.35. The van der Waals surface area contributed by atoms with Crippen molar-refractivity contribution in [2.45, 2.75) is 44.8 Å². The predicted molar refractivity (Wildman–Crippen MR) is 81.4 cm³/mol. The molecule has 2 atom stereocenters. The van der Waals surface area contributed by atoms with Crippen molar-refractivity contribution in [3.63, 3.8) is 0 Å². The number of imidazole rings is 1. The van der Waals surface area contributed by atoms with Crippen molar-refractivity contribution in [3.05, 3.63) is 35.9 Å².